The molecule has 2 N–H and O–H groups in total. The average Bonchev–Trinajstić information content (AvgIpc) is 2.64. The summed E-state index contributed by atoms with van der Waals surface area (Å²) in [6.07, 6.45) is 5.01. The van der Waals surface area contributed by atoms with Gasteiger partial charge in [-0.25, -0.2) is 0 Å². The molecular weight excluding hydrogens is 453 g/mol. The van der Waals surface area contributed by atoms with Crippen LogP contribution in [0.5, 0.6) is 0 Å². The topological polar surface area (TPSA) is 52.1 Å². The summed E-state index contributed by atoms with van der Waals surface area (Å²) in [7, 11) is 3.66. The van der Waals surface area contributed by atoms with Gasteiger partial charge in [0.1, 0.15) is 0 Å². The van der Waals surface area contributed by atoms with Crippen molar-refractivity contribution >= 4 is 29.9 Å². The fourth-order valence-electron chi connectivity index (χ4n) is 4.15. The largest absolute Gasteiger partial charge is 0.383 e. The summed E-state index contributed by atoms with van der Waals surface area (Å²) in [5.74, 6) is 2.46. The molecule has 6 nitrogen and oxygen atoms in total. The molecule has 0 aromatic rings. The smallest absolute Gasteiger partial charge is 0.191 e. The van der Waals surface area contributed by atoms with Crippen molar-refractivity contribution in [2.75, 3.05) is 66.6 Å². The van der Waals surface area contributed by atoms with Crippen LogP contribution in [-0.2, 0) is 4.74 Å². The first-order valence-electron chi connectivity index (χ1n) is 10.5. The molecule has 2 aliphatic rings. The van der Waals surface area contributed by atoms with Crippen molar-refractivity contribution in [3.63, 3.8) is 0 Å². The van der Waals surface area contributed by atoms with Gasteiger partial charge in [-0.2, -0.15) is 0 Å². The highest BCUT2D eigenvalue weighted by Crippen LogP contribution is 2.17. The van der Waals surface area contributed by atoms with Crippen molar-refractivity contribution in [3.05, 3.63) is 0 Å². The first-order valence-corrected chi connectivity index (χ1v) is 10.5. The number of piperidine rings is 2. The van der Waals surface area contributed by atoms with Gasteiger partial charge < -0.3 is 25.2 Å². The molecule has 160 valence electrons. The van der Waals surface area contributed by atoms with E-state index in [0.717, 1.165) is 50.6 Å². The van der Waals surface area contributed by atoms with Gasteiger partial charge in [0.25, 0.3) is 0 Å². The van der Waals surface area contributed by atoms with Crippen molar-refractivity contribution in [3.8, 4) is 0 Å². The Morgan fingerprint density at radius 1 is 1.15 bits per heavy atom. The number of nitrogens with zero attached hydrogens (tertiary/aromatic N) is 3. The fourth-order valence-corrected chi connectivity index (χ4v) is 4.15. The first-order chi connectivity index (χ1) is 12.6. The number of nitrogens with one attached hydrogen (secondary N) is 2. The van der Waals surface area contributed by atoms with E-state index in [1.165, 1.54) is 45.3 Å². The highest BCUT2D eigenvalue weighted by molar-refractivity contribution is 14.0. The minimum Gasteiger partial charge on any atom is -0.383 e. The summed E-state index contributed by atoms with van der Waals surface area (Å²) in [6.45, 7) is 13.5. The van der Waals surface area contributed by atoms with Crippen LogP contribution in [0.2, 0.25) is 0 Å². The van der Waals surface area contributed by atoms with Crippen LogP contribution in [0.15, 0.2) is 4.99 Å². The SMILES string of the molecule is CN=C(NCC1CCCN(CC(C)C)C1)NC1CCN(CCOC)CC1.I. The van der Waals surface area contributed by atoms with Crippen LogP contribution in [0.25, 0.3) is 0 Å². The Hall–Kier alpha value is -0.120. The minimum absolute atomic E-state index is 0. The Kier molecular flexibility index (Phi) is 12.9. The molecule has 27 heavy (non-hydrogen) atoms. The van der Waals surface area contributed by atoms with E-state index in [2.05, 4.69) is 39.3 Å². The van der Waals surface area contributed by atoms with E-state index in [0.29, 0.717) is 6.04 Å². The molecule has 2 heterocycles. The van der Waals surface area contributed by atoms with Crippen LogP contribution in [-0.4, -0.2) is 88.4 Å². The van der Waals surface area contributed by atoms with Gasteiger partial charge in [0.2, 0.25) is 0 Å². The molecule has 1 unspecified atom stereocenters. The lowest BCUT2D eigenvalue weighted by Gasteiger charge is -2.35. The van der Waals surface area contributed by atoms with Crippen molar-refractivity contribution in [2.24, 2.45) is 16.8 Å². The third-order valence-corrected chi connectivity index (χ3v) is 5.55. The molecular formula is C20H42IN5O. The first kappa shape index (κ1) is 24.9. The lowest BCUT2D eigenvalue weighted by atomic mass is 9.97. The van der Waals surface area contributed by atoms with E-state index in [-0.39, 0.29) is 24.0 Å². The maximum absolute atomic E-state index is 5.18. The summed E-state index contributed by atoms with van der Waals surface area (Å²) in [5.41, 5.74) is 0. The van der Waals surface area contributed by atoms with Crippen molar-refractivity contribution < 1.29 is 4.74 Å². The summed E-state index contributed by atoms with van der Waals surface area (Å²) in [4.78, 5) is 9.57. The highest BCUT2D eigenvalue weighted by atomic mass is 127. The molecule has 2 saturated heterocycles. The zero-order valence-electron chi connectivity index (χ0n) is 17.9. The zero-order valence-corrected chi connectivity index (χ0v) is 20.2. The maximum Gasteiger partial charge on any atom is 0.191 e. The zero-order chi connectivity index (χ0) is 18.8. The summed E-state index contributed by atoms with van der Waals surface area (Å²) in [6, 6.07) is 0.531. The number of guanidine groups is 1. The second kappa shape index (κ2) is 14.0. The molecule has 1 atom stereocenters. The van der Waals surface area contributed by atoms with Gasteiger partial charge >= 0.3 is 0 Å². The Morgan fingerprint density at radius 3 is 2.52 bits per heavy atom. The Balaban J connectivity index is 0.00000364. The van der Waals surface area contributed by atoms with Crippen LogP contribution in [0.4, 0.5) is 0 Å². The van der Waals surface area contributed by atoms with Crippen LogP contribution >= 0.6 is 24.0 Å². The molecule has 2 fully saturated rings. The number of halogens is 1. The molecule has 2 rings (SSSR count). The standard InChI is InChI=1S/C20H41N5O.HI/c1-17(2)15-25-9-5-6-18(16-25)14-22-20(21-3)23-19-7-10-24(11-8-19)12-13-26-4;/h17-19H,5-16H2,1-4H3,(H2,21,22,23);1H. The van der Waals surface area contributed by atoms with Gasteiger partial charge in [0, 0.05) is 59.5 Å². The van der Waals surface area contributed by atoms with Gasteiger partial charge in [-0.15, -0.1) is 24.0 Å². The summed E-state index contributed by atoms with van der Waals surface area (Å²) < 4.78 is 5.18. The van der Waals surface area contributed by atoms with Crippen LogP contribution in [0.3, 0.4) is 0 Å². The Morgan fingerprint density at radius 2 is 1.89 bits per heavy atom. The Bertz CT molecular complexity index is 413. The van der Waals surface area contributed by atoms with E-state index in [1.54, 1.807) is 7.11 Å². The van der Waals surface area contributed by atoms with Gasteiger partial charge in [0.05, 0.1) is 6.61 Å². The molecule has 0 saturated carbocycles. The lowest BCUT2D eigenvalue weighted by Crippen LogP contribution is -2.50. The molecule has 2 aliphatic heterocycles. The number of hydrogen-bond donors (Lipinski definition) is 2. The predicted octanol–water partition coefficient (Wildman–Crippen LogP) is 2.25. The van der Waals surface area contributed by atoms with Crippen LogP contribution < -0.4 is 10.6 Å². The van der Waals surface area contributed by atoms with Crippen molar-refractivity contribution in [1.82, 2.24) is 20.4 Å². The fraction of sp³-hybridized carbons (Fsp3) is 0.950. The van der Waals surface area contributed by atoms with Crippen LogP contribution in [0.1, 0.15) is 39.5 Å². The highest BCUT2D eigenvalue weighted by Gasteiger charge is 2.22. The average molecular weight is 495 g/mol. The second-order valence-electron chi connectivity index (χ2n) is 8.37. The summed E-state index contributed by atoms with van der Waals surface area (Å²) in [5, 5.41) is 7.22. The van der Waals surface area contributed by atoms with Crippen LogP contribution in [0, 0.1) is 11.8 Å². The molecule has 0 aromatic carbocycles. The predicted molar refractivity (Wildman–Crippen MR) is 125 cm³/mol. The molecule has 7 heteroatoms. The quantitative estimate of drug-likeness (QED) is 0.308. The van der Waals surface area contributed by atoms with E-state index in [1.807, 2.05) is 7.05 Å². The number of methoxy groups -OCH3 is 1. The van der Waals surface area contributed by atoms with Crippen molar-refractivity contribution in [1.29, 1.82) is 0 Å². The minimum atomic E-state index is 0. The number of hydrogen-bond acceptors (Lipinski definition) is 4. The van der Waals surface area contributed by atoms with Gasteiger partial charge in [-0.3, -0.25) is 4.99 Å². The normalized spacial score (nSPS) is 23.3. The monoisotopic (exact) mass is 495 g/mol. The second-order valence-corrected chi connectivity index (χ2v) is 8.37. The Labute approximate surface area is 183 Å². The molecule has 0 aromatic heterocycles. The van der Waals surface area contributed by atoms with Gasteiger partial charge in [0.15, 0.2) is 5.96 Å². The third-order valence-electron chi connectivity index (χ3n) is 5.55. The van der Waals surface area contributed by atoms with Crippen molar-refractivity contribution in [2.45, 2.75) is 45.6 Å². The third kappa shape index (κ3) is 9.76. The maximum atomic E-state index is 5.18. The number of ether oxygens (including phenoxy) is 1. The molecule has 0 aliphatic carbocycles. The molecule has 0 amide bonds. The van der Waals surface area contributed by atoms with Gasteiger partial charge in [-0.1, -0.05) is 13.8 Å². The van der Waals surface area contributed by atoms with E-state index in [4.69, 9.17) is 4.74 Å². The molecule has 0 spiro atoms. The lowest BCUT2D eigenvalue weighted by molar-refractivity contribution is 0.128. The van der Waals surface area contributed by atoms with E-state index in [9.17, 15) is 0 Å². The molecule has 0 radical (unpaired) electrons. The number of aliphatic imine (C=N–C) groups is 1. The van der Waals surface area contributed by atoms with E-state index < -0.39 is 0 Å². The molecule has 0 bridgehead atoms. The van der Waals surface area contributed by atoms with E-state index >= 15 is 0 Å². The summed E-state index contributed by atoms with van der Waals surface area (Å²) >= 11 is 0. The number of rotatable bonds is 8. The number of likely N-dealkylation sites (tertiary alicyclic amines) is 2. The van der Waals surface area contributed by atoms with Gasteiger partial charge in [-0.05, 0) is 44.1 Å².